The lowest BCUT2D eigenvalue weighted by Crippen LogP contribution is -2.50. The molecule has 1 aliphatic heterocycles. The highest BCUT2D eigenvalue weighted by Gasteiger charge is 2.29. The van der Waals surface area contributed by atoms with E-state index in [2.05, 4.69) is 10.3 Å². The van der Waals surface area contributed by atoms with E-state index in [0.29, 0.717) is 74.2 Å². The van der Waals surface area contributed by atoms with E-state index in [0.717, 1.165) is 5.56 Å². The molecule has 2 heterocycles. The van der Waals surface area contributed by atoms with Gasteiger partial charge in [0.05, 0.1) is 31.9 Å². The van der Waals surface area contributed by atoms with E-state index in [1.807, 2.05) is 43.9 Å². The van der Waals surface area contributed by atoms with Crippen LogP contribution in [0.1, 0.15) is 32.2 Å². The van der Waals surface area contributed by atoms with E-state index in [1.54, 1.807) is 31.3 Å². The number of fused-ring (bicyclic) bond motifs is 1. The second-order valence-electron chi connectivity index (χ2n) is 12.3. The van der Waals surface area contributed by atoms with Gasteiger partial charge in [-0.3, -0.25) is 0 Å². The number of aromatic nitrogens is 2. The maximum Gasteiger partial charge on any atom is 0.410 e. The summed E-state index contributed by atoms with van der Waals surface area (Å²) in [5, 5.41) is 3.74. The van der Waals surface area contributed by atoms with Crippen LogP contribution in [0.25, 0.3) is 22.0 Å². The van der Waals surface area contributed by atoms with Crippen molar-refractivity contribution in [3.8, 4) is 28.4 Å². The van der Waals surface area contributed by atoms with E-state index >= 15 is 8.78 Å². The zero-order chi connectivity index (χ0) is 34.6. The molecule has 0 bridgehead atoms. The quantitative estimate of drug-likeness (QED) is 0.185. The molecule has 1 saturated heterocycles. The summed E-state index contributed by atoms with van der Waals surface area (Å²) in [5.41, 5.74) is 0.0868. The van der Waals surface area contributed by atoms with Gasteiger partial charge in [-0.15, -0.1) is 0 Å². The first-order valence-corrected chi connectivity index (χ1v) is 16.0. The second kappa shape index (κ2) is 14.8. The zero-order valence-electron chi connectivity index (χ0n) is 28.0. The maximum absolute atomic E-state index is 16.6. The van der Waals surface area contributed by atoms with Gasteiger partial charge in [0.1, 0.15) is 45.8 Å². The Kier molecular flexibility index (Phi) is 10.7. The number of piperazine rings is 1. The molecule has 1 aromatic heterocycles. The fourth-order valence-electron chi connectivity index (χ4n) is 5.57. The first-order chi connectivity index (χ1) is 22.9. The molecule has 5 rings (SSSR count). The van der Waals surface area contributed by atoms with Crippen molar-refractivity contribution in [1.29, 1.82) is 0 Å². The van der Waals surface area contributed by atoms with Crippen molar-refractivity contribution < 1.29 is 32.5 Å². The summed E-state index contributed by atoms with van der Waals surface area (Å²) in [6.07, 6.45) is -0.0350. The molecule has 13 heteroatoms. The minimum absolute atomic E-state index is 0.00565. The van der Waals surface area contributed by atoms with Gasteiger partial charge in [0, 0.05) is 68.3 Å². The summed E-state index contributed by atoms with van der Waals surface area (Å²) < 4.78 is 53.5. The van der Waals surface area contributed by atoms with Crippen molar-refractivity contribution in [1.82, 2.24) is 20.2 Å². The molecule has 0 atom stereocenters. The van der Waals surface area contributed by atoms with Gasteiger partial charge < -0.3 is 34.1 Å². The van der Waals surface area contributed by atoms with Gasteiger partial charge in [-0.25, -0.2) is 23.5 Å². The molecule has 1 aliphatic rings. The minimum atomic E-state index is -0.783. The molecule has 0 unspecified atom stereocenters. The van der Waals surface area contributed by atoms with E-state index in [9.17, 15) is 4.79 Å². The summed E-state index contributed by atoms with van der Waals surface area (Å²) in [7, 11) is 4.58. The molecule has 4 aromatic rings. The second-order valence-corrected chi connectivity index (χ2v) is 12.7. The lowest BCUT2D eigenvalue weighted by molar-refractivity contribution is 0.0240. The molecular weight excluding hydrogens is 644 g/mol. The summed E-state index contributed by atoms with van der Waals surface area (Å²) in [4.78, 5) is 25.8. The average molecular weight is 684 g/mol. The van der Waals surface area contributed by atoms with Crippen LogP contribution in [0.5, 0.6) is 17.2 Å². The topological polar surface area (TPSA) is 98.3 Å². The Balaban J connectivity index is 1.48. The zero-order valence-corrected chi connectivity index (χ0v) is 28.7. The Bertz CT molecular complexity index is 1790. The van der Waals surface area contributed by atoms with Gasteiger partial charge in [-0.1, -0.05) is 23.7 Å². The third-order valence-corrected chi connectivity index (χ3v) is 8.22. The number of amides is 1. The standard InChI is InChI=1S/C35H40ClF2N5O5/c1-35(2,3)48-34(44)43-16-14-42(15-17-43)33-23-19-24(36)29(30-25(37)8-7-9-26(30)46-5)31(38)32(23)40-28(41-33)12-13-39-20-21-10-11-22(45-4)18-27(21)47-6/h7-11,18-19,39H,12-17,20H2,1-6H3. The molecule has 48 heavy (non-hydrogen) atoms. The molecular formula is C35H40ClF2N5O5. The predicted octanol–water partition coefficient (Wildman–Crippen LogP) is 6.64. The Morgan fingerprint density at radius 2 is 1.67 bits per heavy atom. The van der Waals surface area contributed by atoms with Crippen LogP contribution < -0.4 is 24.4 Å². The SMILES string of the molecule is COc1ccc(CNCCc2nc(N3CCN(C(=O)OC(C)(C)C)CC3)c3cc(Cl)c(-c4c(F)cccc4OC)c(F)c3n2)c(OC)c1. The number of rotatable bonds is 10. The van der Waals surface area contributed by atoms with Gasteiger partial charge in [-0.05, 0) is 45.0 Å². The molecule has 10 nitrogen and oxygen atoms in total. The molecule has 0 aliphatic carbocycles. The van der Waals surface area contributed by atoms with Gasteiger partial charge in [0.15, 0.2) is 5.82 Å². The molecule has 1 amide bonds. The average Bonchev–Trinajstić information content (AvgIpc) is 3.06. The van der Waals surface area contributed by atoms with Crippen molar-refractivity contribution in [2.24, 2.45) is 0 Å². The molecule has 3 aromatic carbocycles. The van der Waals surface area contributed by atoms with Crippen molar-refractivity contribution in [3.63, 3.8) is 0 Å². The molecule has 0 spiro atoms. The van der Waals surface area contributed by atoms with Crippen LogP contribution in [0.15, 0.2) is 42.5 Å². The number of halogens is 3. The van der Waals surface area contributed by atoms with Crippen LogP contribution in [0.4, 0.5) is 19.4 Å². The van der Waals surface area contributed by atoms with Crippen LogP contribution in [-0.2, 0) is 17.7 Å². The molecule has 0 saturated carbocycles. The third kappa shape index (κ3) is 7.65. The summed E-state index contributed by atoms with van der Waals surface area (Å²) >= 11 is 6.69. The number of ether oxygens (including phenoxy) is 4. The summed E-state index contributed by atoms with van der Waals surface area (Å²) in [6, 6.07) is 11.4. The fraction of sp³-hybridized carbons (Fsp3) is 0.400. The summed E-state index contributed by atoms with van der Waals surface area (Å²) in [5.74, 6) is 0.911. The predicted molar refractivity (Wildman–Crippen MR) is 181 cm³/mol. The normalized spacial score (nSPS) is 13.5. The highest BCUT2D eigenvalue weighted by Crippen LogP contribution is 2.42. The van der Waals surface area contributed by atoms with E-state index in [1.165, 1.54) is 19.2 Å². The van der Waals surface area contributed by atoms with Gasteiger partial charge in [-0.2, -0.15) is 0 Å². The first kappa shape index (κ1) is 34.9. The molecule has 1 N–H and O–H groups in total. The van der Waals surface area contributed by atoms with E-state index in [-0.39, 0.29) is 27.4 Å². The van der Waals surface area contributed by atoms with Gasteiger partial charge in [0.25, 0.3) is 0 Å². The Morgan fingerprint density at radius 3 is 2.33 bits per heavy atom. The summed E-state index contributed by atoms with van der Waals surface area (Å²) in [6.45, 7) is 8.02. The van der Waals surface area contributed by atoms with Crippen LogP contribution in [0.3, 0.4) is 0 Å². The lowest BCUT2D eigenvalue weighted by Gasteiger charge is -2.36. The number of nitrogens with zero attached hydrogens (tertiary/aromatic N) is 4. The number of carbonyl (C=O) groups is 1. The Hall–Kier alpha value is -4.42. The van der Waals surface area contributed by atoms with Gasteiger partial charge >= 0.3 is 6.09 Å². The highest BCUT2D eigenvalue weighted by atomic mass is 35.5. The Morgan fingerprint density at radius 1 is 0.938 bits per heavy atom. The highest BCUT2D eigenvalue weighted by molar-refractivity contribution is 6.34. The largest absolute Gasteiger partial charge is 0.497 e. The van der Waals surface area contributed by atoms with Crippen LogP contribution in [0, 0.1) is 11.6 Å². The van der Waals surface area contributed by atoms with Crippen LogP contribution in [0.2, 0.25) is 5.02 Å². The number of benzene rings is 3. The van der Waals surface area contributed by atoms with Crippen LogP contribution >= 0.6 is 11.6 Å². The van der Waals surface area contributed by atoms with E-state index < -0.39 is 23.3 Å². The number of methoxy groups -OCH3 is 3. The van der Waals surface area contributed by atoms with Crippen molar-refractivity contribution in [2.45, 2.75) is 39.3 Å². The number of carbonyl (C=O) groups excluding carboxylic acids is 1. The number of hydrogen-bond acceptors (Lipinski definition) is 9. The number of hydrogen-bond donors (Lipinski definition) is 1. The van der Waals surface area contributed by atoms with Crippen molar-refractivity contribution in [2.75, 3.05) is 59.0 Å². The minimum Gasteiger partial charge on any atom is -0.497 e. The molecule has 0 radical (unpaired) electrons. The van der Waals surface area contributed by atoms with Crippen molar-refractivity contribution in [3.05, 3.63) is 70.5 Å². The maximum atomic E-state index is 16.6. The number of nitrogens with one attached hydrogen (secondary N) is 1. The lowest BCUT2D eigenvalue weighted by atomic mass is 10.0. The van der Waals surface area contributed by atoms with Crippen LogP contribution in [-0.4, -0.2) is 80.6 Å². The molecule has 1 fully saturated rings. The fourth-order valence-corrected chi connectivity index (χ4v) is 5.86. The van der Waals surface area contributed by atoms with E-state index in [4.69, 9.17) is 35.5 Å². The first-order valence-electron chi connectivity index (χ1n) is 15.6. The number of anilines is 1. The smallest absolute Gasteiger partial charge is 0.410 e. The van der Waals surface area contributed by atoms with Gasteiger partial charge in [0.2, 0.25) is 0 Å². The Labute approximate surface area is 283 Å². The van der Waals surface area contributed by atoms with Crippen molar-refractivity contribution >= 4 is 34.4 Å². The molecule has 256 valence electrons. The monoisotopic (exact) mass is 683 g/mol. The third-order valence-electron chi connectivity index (χ3n) is 7.92.